The molecule has 0 unspecified atom stereocenters. The van der Waals surface area contributed by atoms with E-state index >= 15 is 0 Å². The first kappa shape index (κ1) is 18.6. The Bertz CT molecular complexity index is 810. The van der Waals surface area contributed by atoms with E-state index in [0.29, 0.717) is 0 Å². The van der Waals surface area contributed by atoms with E-state index < -0.39 is 29.9 Å². The number of amides is 4. The molecule has 1 fully saturated rings. The quantitative estimate of drug-likeness (QED) is 0.643. The Balaban J connectivity index is 1.59. The number of benzene rings is 2. The highest BCUT2D eigenvalue weighted by Crippen LogP contribution is 2.16. The van der Waals surface area contributed by atoms with Crippen LogP contribution in [0.15, 0.2) is 60.7 Å². The topological polar surface area (TPSA) is 98.7 Å². The minimum atomic E-state index is -0.906. The Morgan fingerprint density at radius 1 is 1.07 bits per heavy atom. The molecular formula is C20H21N3O4. The first-order chi connectivity index (χ1) is 13.1. The van der Waals surface area contributed by atoms with Crippen molar-refractivity contribution in [1.29, 1.82) is 0 Å². The van der Waals surface area contributed by atoms with Crippen LogP contribution in [0, 0.1) is 0 Å². The van der Waals surface area contributed by atoms with Crippen molar-refractivity contribution in [2.45, 2.75) is 25.0 Å². The third-order valence-corrected chi connectivity index (χ3v) is 4.40. The molecule has 3 rings (SSSR count). The molecule has 0 aliphatic carbocycles. The summed E-state index contributed by atoms with van der Waals surface area (Å²) in [7, 11) is 0. The minimum Gasteiger partial charge on any atom is -0.394 e. The number of hydrogen-bond donors (Lipinski definition) is 3. The summed E-state index contributed by atoms with van der Waals surface area (Å²) in [6.45, 7) is -0.103. The van der Waals surface area contributed by atoms with Gasteiger partial charge in [0.15, 0.2) is 0 Å². The molecular weight excluding hydrogens is 346 g/mol. The largest absolute Gasteiger partial charge is 0.394 e. The van der Waals surface area contributed by atoms with Gasteiger partial charge in [0.05, 0.1) is 25.6 Å². The van der Waals surface area contributed by atoms with Crippen LogP contribution in [-0.4, -0.2) is 40.5 Å². The summed E-state index contributed by atoms with van der Waals surface area (Å²) in [5.41, 5.74) is 1.59. The predicted octanol–water partition coefficient (Wildman–Crippen LogP) is 1.35. The zero-order valence-corrected chi connectivity index (χ0v) is 14.7. The van der Waals surface area contributed by atoms with Crippen LogP contribution in [0.5, 0.6) is 0 Å². The summed E-state index contributed by atoms with van der Waals surface area (Å²) in [6.07, 6.45) is -0.181. The van der Waals surface area contributed by atoms with E-state index in [2.05, 4.69) is 10.6 Å². The fourth-order valence-corrected chi connectivity index (χ4v) is 2.99. The number of hydrogen-bond acceptors (Lipinski definition) is 4. The molecule has 7 nitrogen and oxygen atoms in total. The van der Waals surface area contributed by atoms with Gasteiger partial charge < -0.3 is 15.7 Å². The highest BCUT2D eigenvalue weighted by Gasteiger charge is 2.39. The summed E-state index contributed by atoms with van der Waals surface area (Å²) in [5.74, 6) is -0.850. The van der Waals surface area contributed by atoms with Gasteiger partial charge in [-0.15, -0.1) is 0 Å². The Morgan fingerprint density at radius 3 is 2.33 bits per heavy atom. The summed E-state index contributed by atoms with van der Waals surface area (Å²) < 4.78 is 0. The van der Waals surface area contributed by atoms with Gasteiger partial charge in [-0.1, -0.05) is 60.7 Å². The van der Waals surface area contributed by atoms with Gasteiger partial charge in [-0.3, -0.25) is 14.5 Å². The third kappa shape index (κ3) is 4.51. The zero-order valence-electron chi connectivity index (χ0n) is 14.7. The van der Waals surface area contributed by atoms with Crippen LogP contribution < -0.4 is 10.6 Å². The van der Waals surface area contributed by atoms with Crippen molar-refractivity contribution in [3.8, 4) is 0 Å². The van der Waals surface area contributed by atoms with Crippen molar-refractivity contribution in [3.63, 3.8) is 0 Å². The fraction of sp³-hybridized carbons (Fsp3) is 0.250. The lowest BCUT2D eigenvalue weighted by molar-refractivity contribution is -0.131. The van der Waals surface area contributed by atoms with Crippen molar-refractivity contribution in [1.82, 2.24) is 15.5 Å². The standard InChI is InChI=1S/C20H21N3O4/c24-13-17(15-9-5-2-6-10-15)21-18(25)11-16-19(26)23(20(27)22-16)12-14-7-3-1-4-8-14/h1-10,16-17,24H,11-13H2,(H,21,25)(H,22,27)/t16-,17+/m0/s1. The number of imide groups is 1. The average molecular weight is 367 g/mol. The van der Waals surface area contributed by atoms with Crippen molar-refractivity contribution in [2.24, 2.45) is 0 Å². The van der Waals surface area contributed by atoms with Crippen LogP contribution in [0.25, 0.3) is 0 Å². The average Bonchev–Trinajstić information content (AvgIpc) is 2.95. The summed E-state index contributed by atoms with van der Waals surface area (Å²) in [5, 5.41) is 14.8. The van der Waals surface area contributed by atoms with Gasteiger partial charge in [0.25, 0.3) is 5.91 Å². The van der Waals surface area contributed by atoms with E-state index in [4.69, 9.17) is 0 Å². The fourth-order valence-electron chi connectivity index (χ4n) is 2.99. The molecule has 3 N–H and O–H groups in total. The van der Waals surface area contributed by atoms with Crippen LogP contribution >= 0.6 is 0 Å². The number of rotatable bonds is 7. The molecule has 0 saturated carbocycles. The lowest BCUT2D eigenvalue weighted by Gasteiger charge is -2.18. The molecule has 0 aromatic heterocycles. The molecule has 140 valence electrons. The lowest BCUT2D eigenvalue weighted by atomic mass is 10.1. The molecule has 2 aromatic carbocycles. The molecule has 0 spiro atoms. The number of aliphatic hydroxyl groups is 1. The molecule has 0 radical (unpaired) electrons. The smallest absolute Gasteiger partial charge is 0.325 e. The number of carbonyl (C=O) groups excluding carboxylic acids is 3. The van der Waals surface area contributed by atoms with Gasteiger partial charge >= 0.3 is 6.03 Å². The van der Waals surface area contributed by atoms with Gasteiger partial charge in [0.1, 0.15) is 6.04 Å². The minimum absolute atomic E-state index is 0.160. The number of nitrogens with zero attached hydrogens (tertiary/aromatic N) is 1. The highest BCUT2D eigenvalue weighted by atomic mass is 16.3. The molecule has 1 aliphatic rings. The molecule has 7 heteroatoms. The number of nitrogens with one attached hydrogen (secondary N) is 2. The second-order valence-corrected chi connectivity index (χ2v) is 6.33. The first-order valence-corrected chi connectivity index (χ1v) is 8.69. The summed E-state index contributed by atoms with van der Waals surface area (Å²) in [6, 6.07) is 16.2. The third-order valence-electron chi connectivity index (χ3n) is 4.40. The van der Waals surface area contributed by atoms with E-state index in [-0.39, 0.29) is 19.6 Å². The van der Waals surface area contributed by atoms with Crippen LogP contribution in [0.3, 0.4) is 0 Å². The maximum Gasteiger partial charge on any atom is 0.325 e. The molecule has 0 bridgehead atoms. The SMILES string of the molecule is O=C(C[C@@H]1NC(=O)N(Cc2ccccc2)C1=O)N[C@H](CO)c1ccccc1. The van der Waals surface area contributed by atoms with Gasteiger partial charge in [-0.05, 0) is 11.1 Å². The van der Waals surface area contributed by atoms with Crippen molar-refractivity contribution < 1.29 is 19.5 Å². The van der Waals surface area contributed by atoms with E-state index in [1.807, 2.05) is 48.5 Å². The molecule has 1 saturated heterocycles. The Hall–Kier alpha value is -3.19. The zero-order chi connectivity index (χ0) is 19.2. The Labute approximate surface area is 157 Å². The second kappa shape index (κ2) is 8.46. The monoisotopic (exact) mass is 367 g/mol. The maximum atomic E-state index is 12.5. The Morgan fingerprint density at radius 2 is 1.70 bits per heavy atom. The molecule has 2 aromatic rings. The second-order valence-electron chi connectivity index (χ2n) is 6.33. The van der Waals surface area contributed by atoms with Crippen molar-refractivity contribution >= 4 is 17.8 Å². The molecule has 1 aliphatic heterocycles. The van der Waals surface area contributed by atoms with E-state index in [1.54, 1.807) is 12.1 Å². The van der Waals surface area contributed by atoms with Gasteiger partial charge in [-0.25, -0.2) is 4.79 Å². The molecule has 4 amide bonds. The van der Waals surface area contributed by atoms with E-state index in [9.17, 15) is 19.5 Å². The van der Waals surface area contributed by atoms with Gasteiger partial charge in [0.2, 0.25) is 5.91 Å². The lowest BCUT2D eigenvalue weighted by Crippen LogP contribution is -2.38. The molecule has 2 atom stereocenters. The highest BCUT2D eigenvalue weighted by molar-refractivity contribution is 6.05. The van der Waals surface area contributed by atoms with Crippen LogP contribution in [-0.2, 0) is 16.1 Å². The van der Waals surface area contributed by atoms with Crippen LogP contribution in [0.2, 0.25) is 0 Å². The predicted molar refractivity (Wildman–Crippen MR) is 98.3 cm³/mol. The van der Waals surface area contributed by atoms with E-state index in [0.717, 1.165) is 16.0 Å². The molecule has 1 heterocycles. The van der Waals surface area contributed by atoms with Crippen molar-refractivity contribution in [2.75, 3.05) is 6.61 Å². The number of urea groups is 1. The number of aliphatic hydroxyl groups excluding tert-OH is 1. The van der Waals surface area contributed by atoms with Crippen molar-refractivity contribution in [3.05, 3.63) is 71.8 Å². The first-order valence-electron chi connectivity index (χ1n) is 8.69. The van der Waals surface area contributed by atoms with Crippen LogP contribution in [0.1, 0.15) is 23.6 Å². The van der Waals surface area contributed by atoms with Gasteiger partial charge in [0, 0.05) is 0 Å². The summed E-state index contributed by atoms with van der Waals surface area (Å²) >= 11 is 0. The Kier molecular flexibility index (Phi) is 5.83. The maximum absolute atomic E-state index is 12.5. The van der Waals surface area contributed by atoms with E-state index in [1.165, 1.54) is 0 Å². The number of carbonyl (C=O) groups is 3. The van der Waals surface area contributed by atoms with Gasteiger partial charge in [-0.2, -0.15) is 0 Å². The molecule has 27 heavy (non-hydrogen) atoms. The normalized spacial score (nSPS) is 17.5. The summed E-state index contributed by atoms with van der Waals surface area (Å²) in [4.78, 5) is 38.0. The van der Waals surface area contributed by atoms with Crippen LogP contribution in [0.4, 0.5) is 4.79 Å².